The average Bonchev–Trinajstić information content (AvgIpc) is 2.47. The number of rotatable bonds is 2. The molecule has 0 spiro atoms. The van der Waals surface area contributed by atoms with Gasteiger partial charge in [-0.05, 0) is 13.3 Å². The molecule has 0 aliphatic carbocycles. The summed E-state index contributed by atoms with van der Waals surface area (Å²) in [6, 6.07) is 0. The van der Waals surface area contributed by atoms with E-state index in [1.54, 1.807) is 0 Å². The number of cyclic esters (lactones) is 1. The molecule has 0 aromatic rings. The largest absolute Gasteiger partial charge is 0.458 e. The lowest BCUT2D eigenvalue weighted by molar-refractivity contribution is -0.149. The van der Waals surface area contributed by atoms with E-state index in [9.17, 15) is 4.79 Å². The Morgan fingerprint density at radius 2 is 2.14 bits per heavy atom. The van der Waals surface area contributed by atoms with Crippen LogP contribution in [0.5, 0.6) is 0 Å². The van der Waals surface area contributed by atoms with Crippen LogP contribution in [-0.2, 0) is 14.3 Å². The highest BCUT2D eigenvalue weighted by atomic mass is 16.6. The Morgan fingerprint density at radius 3 is 2.71 bits per heavy atom. The zero-order valence-corrected chi connectivity index (χ0v) is 8.62. The Bertz CT molecular complexity index is 225. The van der Waals surface area contributed by atoms with Gasteiger partial charge < -0.3 is 9.47 Å². The number of esters is 1. The molecule has 0 amide bonds. The fraction of sp³-hybridized carbons (Fsp3) is 0.900. The lowest BCUT2D eigenvalue weighted by atomic mass is 10.0. The molecule has 2 aliphatic heterocycles. The van der Waals surface area contributed by atoms with Crippen LogP contribution in [0.3, 0.4) is 0 Å². The van der Waals surface area contributed by atoms with Gasteiger partial charge in [-0.15, -0.1) is 0 Å². The smallest absolute Gasteiger partial charge is 0.306 e. The average molecular weight is 199 g/mol. The molecule has 1 atom stereocenters. The van der Waals surface area contributed by atoms with Gasteiger partial charge >= 0.3 is 5.97 Å². The molecule has 0 aromatic carbocycles. The van der Waals surface area contributed by atoms with Crippen molar-refractivity contribution in [3.8, 4) is 0 Å². The fourth-order valence-electron chi connectivity index (χ4n) is 2.09. The molecule has 2 rings (SSSR count). The van der Waals surface area contributed by atoms with Gasteiger partial charge in [-0.1, -0.05) is 0 Å². The molecule has 0 aromatic heterocycles. The molecule has 0 saturated carbocycles. The summed E-state index contributed by atoms with van der Waals surface area (Å²) in [5.74, 6) is -0.0549. The van der Waals surface area contributed by atoms with Gasteiger partial charge in [0.15, 0.2) is 0 Å². The van der Waals surface area contributed by atoms with E-state index < -0.39 is 0 Å². The Morgan fingerprint density at radius 1 is 1.43 bits per heavy atom. The number of carbonyl (C=O) groups is 1. The summed E-state index contributed by atoms with van der Waals surface area (Å²) in [7, 11) is 0. The molecule has 2 fully saturated rings. The van der Waals surface area contributed by atoms with Gasteiger partial charge in [0.25, 0.3) is 0 Å². The van der Waals surface area contributed by atoms with Crippen LogP contribution in [0.15, 0.2) is 0 Å². The minimum absolute atomic E-state index is 0.0549. The first kappa shape index (κ1) is 9.93. The highest BCUT2D eigenvalue weighted by Gasteiger charge is 2.37. The van der Waals surface area contributed by atoms with E-state index in [-0.39, 0.29) is 11.6 Å². The van der Waals surface area contributed by atoms with Gasteiger partial charge in [-0.2, -0.15) is 0 Å². The predicted octanol–water partition coefficient (Wildman–Crippen LogP) is 0.414. The number of nitrogens with zero attached hydrogens (tertiary/aromatic N) is 1. The van der Waals surface area contributed by atoms with Gasteiger partial charge in [0, 0.05) is 26.1 Å². The molecule has 2 saturated heterocycles. The predicted molar refractivity (Wildman–Crippen MR) is 51.0 cm³/mol. The minimum atomic E-state index is -0.256. The van der Waals surface area contributed by atoms with Crippen LogP contribution in [0, 0.1) is 0 Å². The normalized spacial score (nSPS) is 34.5. The van der Waals surface area contributed by atoms with E-state index in [0.29, 0.717) is 6.42 Å². The van der Waals surface area contributed by atoms with E-state index in [1.165, 1.54) is 0 Å². The SMILES string of the molecule is CC1(CN2CCOCC2)CCC(=O)O1. The van der Waals surface area contributed by atoms with Gasteiger partial charge in [0.2, 0.25) is 0 Å². The maximum atomic E-state index is 11.0. The Balaban J connectivity index is 1.86. The molecular formula is C10H17NO3. The molecule has 2 aliphatic rings. The van der Waals surface area contributed by atoms with E-state index in [0.717, 1.165) is 39.3 Å². The van der Waals surface area contributed by atoms with Crippen molar-refractivity contribution >= 4 is 5.97 Å². The molecule has 2 heterocycles. The second-order valence-electron chi connectivity index (χ2n) is 4.31. The highest BCUT2D eigenvalue weighted by molar-refractivity contribution is 5.72. The summed E-state index contributed by atoms with van der Waals surface area (Å²) in [6.07, 6.45) is 1.42. The number of morpholine rings is 1. The van der Waals surface area contributed by atoms with E-state index in [4.69, 9.17) is 9.47 Å². The van der Waals surface area contributed by atoms with E-state index in [2.05, 4.69) is 4.90 Å². The molecule has 0 N–H and O–H groups in total. The highest BCUT2D eigenvalue weighted by Crippen LogP contribution is 2.27. The number of hydrogen-bond donors (Lipinski definition) is 0. The molecule has 0 bridgehead atoms. The van der Waals surface area contributed by atoms with Gasteiger partial charge in [-0.25, -0.2) is 0 Å². The van der Waals surface area contributed by atoms with Crippen molar-refractivity contribution in [1.82, 2.24) is 4.90 Å². The molecular weight excluding hydrogens is 182 g/mol. The van der Waals surface area contributed by atoms with Crippen LogP contribution in [0.1, 0.15) is 19.8 Å². The number of ether oxygens (including phenoxy) is 2. The third-order valence-corrected chi connectivity index (χ3v) is 2.88. The Kier molecular flexibility index (Phi) is 2.74. The van der Waals surface area contributed by atoms with Crippen molar-refractivity contribution in [3.05, 3.63) is 0 Å². The van der Waals surface area contributed by atoms with Crippen LogP contribution in [0.25, 0.3) is 0 Å². The van der Waals surface area contributed by atoms with Crippen molar-refractivity contribution < 1.29 is 14.3 Å². The molecule has 4 nitrogen and oxygen atoms in total. The van der Waals surface area contributed by atoms with Crippen molar-refractivity contribution in [3.63, 3.8) is 0 Å². The molecule has 0 radical (unpaired) electrons. The Labute approximate surface area is 84.2 Å². The molecule has 4 heteroatoms. The number of carbonyl (C=O) groups excluding carboxylic acids is 1. The zero-order chi connectivity index (χ0) is 10.0. The van der Waals surface area contributed by atoms with Crippen LogP contribution in [0.2, 0.25) is 0 Å². The first-order valence-electron chi connectivity index (χ1n) is 5.20. The van der Waals surface area contributed by atoms with Gasteiger partial charge in [0.1, 0.15) is 5.60 Å². The topological polar surface area (TPSA) is 38.8 Å². The summed E-state index contributed by atoms with van der Waals surface area (Å²) in [5, 5.41) is 0. The fourth-order valence-corrected chi connectivity index (χ4v) is 2.09. The van der Waals surface area contributed by atoms with Gasteiger partial charge in [-0.3, -0.25) is 9.69 Å². The summed E-state index contributed by atoms with van der Waals surface area (Å²) in [4.78, 5) is 13.3. The van der Waals surface area contributed by atoms with Crippen molar-refractivity contribution in [2.24, 2.45) is 0 Å². The van der Waals surface area contributed by atoms with E-state index in [1.807, 2.05) is 6.92 Å². The van der Waals surface area contributed by atoms with Crippen molar-refractivity contribution in [1.29, 1.82) is 0 Å². The monoisotopic (exact) mass is 199 g/mol. The maximum Gasteiger partial charge on any atom is 0.306 e. The lowest BCUT2D eigenvalue weighted by Crippen LogP contribution is -2.45. The quantitative estimate of drug-likeness (QED) is 0.604. The second kappa shape index (κ2) is 3.87. The first-order valence-corrected chi connectivity index (χ1v) is 5.20. The molecule has 80 valence electrons. The second-order valence-corrected chi connectivity index (χ2v) is 4.31. The van der Waals surface area contributed by atoms with E-state index >= 15 is 0 Å². The number of hydrogen-bond acceptors (Lipinski definition) is 4. The third kappa shape index (κ3) is 2.25. The summed E-state index contributed by atoms with van der Waals surface area (Å²) < 4.78 is 10.6. The summed E-state index contributed by atoms with van der Waals surface area (Å²) in [5.41, 5.74) is -0.256. The summed E-state index contributed by atoms with van der Waals surface area (Å²) in [6.45, 7) is 6.36. The third-order valence-electron chi connectivity index (χ3n) is 2.88. The lowest BCUT2D eigenvalue weighted by Gasteiger charge is -2.33. The standard InChI is InChI=1S/C10H17NO3/c1-10(3-2-9(12)14-10)8-11-4-6-13-7-5-11/h2-8H2,1H3. The zero-order valence-electron chi connectivity index (χ0n) is 8.62. The van der Waals surface area contributed by atoms with Crippen LogP contribution in [-0.4, -0.2) is 49.3 Å². The first-order chi connectivity index (χ1) is 6.68. The van der Waals surface area contributed by atoms with Crippen LogP contribution >= 0.6 is 0 Å². The van der Waals surface area contributed by atoms with Crippen LogP contribution < -0.4 is 0 Å². The van der Waals surface area contributed by atoms with Crippen LogP contribution in [0.4, 0.5) is 0 Å². The van der Waals surface area contributed by atoms with Crippen molar-refractivity contribution in [2.75, 3.05) is 32.8 Å². The molecule has 14 heavy (non-hydrogen) atoms. The summed E-state index contributed by atoms with van der Waals surface area (Å²) >= 11 is 0. The van der Waals surface area contributed by atoms with Gasteiger partial charge in [0.05, 0.1) is 13.2 Å². The maximum absolute atomic E-state index is 11.0. The molecule has 1 unspecified atom stereocenters. The minimum Gasteiger partial charge on any atom is -0.458 e. The Hall–Kier alpha value is -0.610. The van der Waals surface area contributed by atoms with Crippen molar-refractivity contribution in [2.45, 2.75) is 25.4 Å².